The first-order valence-electron chi connectivity index (χ1n) is 17.8. The van der Waals surface area contributed by atoms with E-state index in [4.69, 9.17) is 19.7 Å². The highest BCUT2D eigenvalue weighted by Gasteiger charge is 2.61. The van der Waals surface area contributed by atoms with E-state index >= 15 is 0 Å². The summed E-state index contributed by atoms with van der Waals surface area (Å²) in [7, 11) is 1.60. The van der Waals surface area contributed by atoms with Gasteiger partial charge in [-0.15, -0.1) is 16.4 Å². The monoisotopic (exact) mass is 717 g/mol. The molecule has 0 radical (unpaired) electrons. The van der Waals surface area contributed by atoms with Crippen LogP contribution in [0, 0.1) is 5.92 Å². The molecule has 51 heavy (non-hydrogen) atoms. The number of thiazole rings is 1. The number of alkyl carbamates (subject to hydrolysis) is 1. The zero-order chi connectivity index (χ0) is 35.5. The number of aliphatic carboxylic acids is 1. The molecule has 1 saturated heterocycles. The third-order valence-corrected chi connectivity index (χ3v) is 11.2. The van der Waals surface area contributed by atoms with E-state index in [0.29, 0.717) is 35.0 Å². The Morgan fingerprint density at radius 1 is 1.04 bits per heavy atom. The fourth-order valence-corrected chi connectivity index (χ4v) is 8.11. The number of rotatable bonds is 7. The summed E-state index contributed by atoms with van der Waals surface area (Å²) in [5.41, 5.74) is 0.490. The fraction of sp³-hybridized carbons (Fsp3) is 0.528. The second-order valence-corrected chi connectivity index (χ2v) is 14.7. The number of nitrogens with zero attached hydrogens (tertiary/aromatic N) is 5. The van der Waals surface area contributed by atoms with E-state index in [9.17, 15) is 24.3 Å². The van der Waals surface area contributed by atoms with Gasteiger partial charge in [0, 0.05) is 36.0 Å². The normalized spacial score (nSPS) is 27.1. The van der Waals surface area contributed by atoms with Crippen LogP contribution in [0.5, 0.6) is 5.75 Å². The highest BCUT2D eigenvalue weighted by Crippen LogP contribution is 2.46. The molecule has 4 heterocycles. The summed E-state index contributed by atoms with van der Waals surface area (Å²) in [4.78, 5) is 61.7. The number of carboxylic acids is 1. The molecule has 7 rings (SSSR count). The lowest BCUT2D eigenvalue weighted by Gasteiger charge is -2.29. The van der Waals surface area contributed by atoms with Crippen LogP contribution in [-0.2, 0) is 19.1 Å². The zero-order valence-electron chi connectivity index (χ0n) is 28.5. The summed E-state index contributed by atoms with van der Waals surface area (Å²) in [5.74, 6) is -1.75. The number of fused-ring (bicyclic) bond motifs is 2. The maximum atomic E-state index is 14.5. The number of hydrogen-bond donors (Lipinski definition) is 3. The number of benzene rings is 1. The SMILES string of the molecule is COc1ccc(-c2nn([C@@H]3C[C@H]4C(=O)N[C@@]5(C(=O)O)C[C@H]5C=CCCCCC[C@@H](NC(=O)OC5CCCC5)C(=O)N4C3)nc2-c2nccs2)cc1. The molecule has 2 aromatic heterocycles. The van der Waals surface area contributed by atoms with Crippen LogP contribution in [0.25, 0.3) is 22.0 Å². The van der Waals surface area contributed by atoms with Gasteiger partial charge in [-0.25, -0.2) is 14.6 Å². The molecule has 2 saturated carbocycles. The van der Waals surface area contributed by atoms with Crippen molar-refractivity contribution in [1.29, 1.82) is 0 Å². The molecule has 1 aromatic carbocycles. The van der Waals surface area contributed by atoms with Gasteiger partial charge >= 0.3 is 12.1 Å². The number of nitrogens with one attached hydrogen (secondary N) is 2. The predicted octanol–water partition coefficient (Wildman–Crippen LogP) is 4.74. The van der Waals surface area contributed by atoms with Crippen molar-refractivity contribution in [3.63, 3.8) is 0 Å². The Balaban J connectivity index is 1.21. The number of amides is 3. The standard InChI is InChI=1S/C36H43N7O7S/c1-49-25-15-13-22(14-16-25)29-30(32-37-17-18-51-32)41-43(40-29)24-19-28-31(44)39-36(34(46)47)20-23(36)9-5-3-2-4-6-12-27(33(45)42(28)21-24)38-35(48)50-26-10-7-8-11-26/h5,9,13-18,23-24,26-28H,2-4,6-8,10-12,19-21H2,1H3,(H,38,48)(H,39,44)(H,46,47)/t23-,24-,27-,28+,36+/m1/s1. The molecule has 0 spiro atoms. The molecule has 15 heteroatoms. The van der Waals surface area contributed by atoms with E-state index in [0.717, 1.165) is 50.5 Å². The number of allylic oxidation sites excluding steroid dienone is 1. The smallest absolute Gasteiger partial charge is 0.408 e. The van der Waals surface area contributed by atoms with Crippen molar-refractivity contribution in [1.82, 2.24) is 35.5 Å². The minimum absolute atomic E-state index is 0.0736. The molecule has 270 valence electrons. The fourth-order valence-electron chi connectivity index (χ4n) is 7.49. The van der Waals surface area contributed by atoms with Crippen LogP contribution in [0.4, 0.5) is 4.79 Å². The van der Waals surface area contributed by atoms with Crippen molar-refractivity contribution in [2.24, 2.45) is 5.92 Å². The second-order valence-electron chi connectivity index (χ2n) is 13.8. The summed E-state index contributed by atoms with van der Waals surface area (Å²) in [6.45, 7) is 0.0736. The van der Waals surface area contributed by atoms with Gasteiger partial charge in [-0.3, -0.25) is 9.59 Å². The molecular formula is C36H43N7O7S. The average Bonchev–Trinajstić information content (AvgIpc) is 3.77. The first-order valence-corrected chi connectivity index (χ1v) is 18.6. The predicted molar refractivity (Wildman–Crippen MR) is 187 cm³/mol. The molecule has 2 aliphatic carbocycles. The molecule has 0 unspecified atom stereocenters. The third kappa shape index (κ3) is 7.34. The average molecular weight is 718 g/mol. The van der Waals surface area contributed by atoms with Gasteiger partial charge in [0.05, 0.1) is 13.2 Å². The molecule has 3 fully saturated rings. The lowest BCUT2D eigenvalue weighted by Crippen LogP contribution is -2.56. The number of methoxy groups -OCH3 is 1. The Bertz CT molecular complexity index is 1770. The molecule has 5 atom stereocenters. The number of carbonyl (C=O) groups excluding carboxylic acids is 3. The van der Waals surface area contributed by atoms with Gasteiger partial charge in [0.25, 0.3) is 0 Å². The van der Waals surface area contributed by atoms with Crippen LogP contribution in [-0.4, -0.2) is 91.2 Å². The second kappa shape index (κ2) is 14.8. The largest absolute Gasteiger partial charge is 0.497 e. The van der Waals surface area contributed by atoms with Crippen LogP contribution in [0.2, 0.25) is 0 Å². The summed E-state index contributed by atoms with van der Waals surface area (Å²) in [6, 6.07) is 4.94. The summed E-state index contributed by atoms with van der Waals surface area (Å²) < 4.78 is 11.0. The van der Waals surface area contributed by atoms with Crippen molar-refractivity contribution in [2.45, 2.75) is 100 Å². The van der Waals surface area contributed by atoms with E-state index < -0.39 is 47.5 Å². The van der Waals surface area contributed by atoms with E-state index in [1.54, 1.807) is 13.3 Å². The Morgan fingerprint density at radius 3 is 2.53 bits per heavy atom. The van der Waals surface area contributed by atoms with E-state index in [1.807, 2.05) is 41.8 Å². The number of ether oxygens (including phenoxy) is 2. The van der Waals surface area contributed by atoms with Crippen molar-refractivity contribution < 1.29 is 33.8 Å². The van der Waals surface area contributed by atoms with Crippen molar-refractivity contribution in [2.75, 3.05) is 13.7 Å². The Kier molecular flexibility index (Phi) is 10.1. The first-order chi connectivity index (χ1) is 24.8. The molecule has 3 amide bonds. The Labute approximate surface area is 299 Å². The minimum atomic E-state index is -1.44. The molecule has 2 aliphatic heterocycles. The van der Waals surface area contributed by atoms with Gasteiger partial charge in [0.2, 0.25) is 11.8 Å². The molecule has 14 nitrogen and oxygen atoms in total. The number of carbonyl (C=O) groups is 4. The van der Waals surface area contributed by atoms with Crippen molar-refractivity contribution in [3.8, 4) is 27.7 Å². The van der Waals surface area contributed by atoms with Gasteiger partial charge < -0.3 is 30.1 Å². The highest BCUT2D eigenvalue weighted by atomic mass is 32.1. The third-order valence-electron chi connectivity index (χ3n) is 10.5. The van der Waals surface area contributed by atoms with E-state index in [2.05, 4.69) is 15.6 Å². The van der Waals surface area contributed by atoms with Crippen LogP contribution in [0.3, 0.4) is 0 Å². The molecule has 4 aliphatic rings. The van der Waals surface area contributed by atoms with Gasteiger partial charge in [-0.2, -0.15) is 9.90 Å². The summed E-state index contributed by atoms with van der Waals surface area (Å²) in [6.07, 6.45) is 12.2. The number of carboxylic acid groups (broad SMARTS) is 1. The first kappa shape index (κ1) is 34.6. The lowest BCUT2D eigenvalue weighted by atomic mass is 10.0. The van der Waals surface area contributed by atoms with E-state index in [-0.39, 0.29) is 31.4 Å². The van der Waals surface area contributed by atoms with Crippen LogP contribution < -0.4 is 15.4 Å². The zero-order valence-corrected chi connectivity index (χ0v) is 29.3. The van der Waals surface area contributed by atoms with Gasteiger partial charge in [-0.05, 0) is 75.6 Å². The van der Waals surface area contributed by atoms with Gasteiger partial charge in [0.15, 0.2) is 0 Å². The Hall–Kier alpha value is -4.79. The Morgan fingerprint density at radius 2 is 1.80 bits per heavy atom. The molecule has 3 N–H and O–H groups in total. The van der Waals surface area contributed by atoms with Crippen LogP contribution in [0.15, 0.2) is 48.0 Å². The number of hydrogen-bond acceptors (Lipinski definition) is 10. The van der Waals surface area contributed by atoms with Crippen LogP contribution >= 0.6 is 11.3 Å². The highest BCUT2D eigenvalue weighted by molar-refractivity contribution is 7.13. The van der Waals surface area contributed by atoms with Gasteiger partial charge in [0.1, 0.15) is 45.9 Å². The molecular weight excluding hydrogens is 675 g/mol. The number of aromatic nitrogens is 4. The van der Waals surface area contributed by atoms with E-state index in [1.165, 1.54) is 21.0 Å². The quantitative estimate of drug-likeness (QED) is 0.290. The van der Waals surface area contributed by atoms with Crippen LogP contribution in [0.1, 0.15) is 76.7 Å². The van der Waals surface area contributed by atoms with Crippen molar-refractivity contribution in [3.05, 3.63) is 48.0 Å². The molecule has 3 aromatic rings. The molecule has 0 bridgehead atoms. The lowest BCUT2D eigenvalue weighted by molar-refractivity contribution is -0.145. The topological polar surface area (TPSA) is 178 Å². The van der Waals surface area contributed by atoms with Gasteiger partial charge in [-0.1, -0.05) is 25.0 Å². The maximum absolute atomic E-state index is 14.5. The summed E-state index contributed by atoms with van der Waals surface area (Å²) >= 11 is 1.42. The van der Waals surface area contributed by atoms with Crippen molar-refractivity contribution >= 4 is 35.2 Å². The minimum Gasteiger partial charge on any atom is -0.497 e. The maximum Gasteiger partial charge on any atom is 0.408 e. The summed E-state index contributed by atoms with van der Waals surface area (Å²) in [5, 5.41) is 28.1.